The van der Waals surface area contributed by atoms with Gasteiger partial charge in [-0.25, -0.2) is 0 Å². The van der Waals surface area contributed by atoms with E-state index in [0.717, 1.165) is 32.1 Å². The first-order valence-electron chi connectivity index (χ1n) is 12.0. The van der Waals surface area contributed by atoms with Gasteiger partial charge in [0, 0.05) is 5.41 Å². The van der Waals surface area contributed by atoms with Crippen molar-refractivity contribution in [3.8, 4) is 18.1 Å². The Bertz CT molecular complexity index is 941. The molecule has 3 aliphatic carbocycles. The Kier molecular flexibility index (Phi) is 5.76. The van der Waals surface area contributed by atoms with E-state index >= 15 is 0 Å². The minimum atomic E-state index is -1.47. The molecule has 5 N–H and O–H groups in total. The number of hydrogen-bond donors (Lipinski definition) is 5. The summed E-state index contributed by atoms with van der Waals surface area (Å²) in [6.07, 6.45) is 4.70. The van der Waals surface area contributed by atoms with Crippen molar-refractivity contribution in [2.75, 3.05) is 6.61 Å². The number of ether oxygens (including phenoxy) is 2. The topological polar surface area (TPSA) is 120 Å². The van der Waals surface area contributed by atoms with Crippen LogP contribution in [0.2, 0.25) is 0 Å². The van der Waals surface area contributed by atoms with Crippen LogP contribution in [0.5, 0.6) is 5.75 Å². The molecular weight excluding hydrogens is 424 g/mol. The second kappa shape index (κ2) is 8.23. The predicted molar refractivity (Wildman–Crippen MR) is 119 cm³/mol. The lowest BCUT2D eigenvalue weighted by atomic mass is 9.53. The zero-order valence-electron chi connectivity index (χ0n) is 18.9. The van der Waals surface area contributed by atoms with Crippen molar-refractivity contribution in [2.24, 2.45) is 17.3 Å². The quantitative estimate of drug-likeness (QED) is 0.430. The number of benzene rings is 1. The van der Waals surface area contributed by atoms with Gasteiger partial charge in [0.25, 0.3) is 0 Å². The summed E-state index contributed by atoms with van der Waals surface area (Å²) in [6, 6.07) is 5.90. The van der Waals surface area contributed by atoms with Crippen LogP contribution in [0.1, 0.15) is 56.1 Å². The van der Waals surface area contributed by atoms with Crippen LogP contribution in [0.3, 0.4) is 0 Å². The van der Waals surface area contributed by atoms with E-state index in [4.69, 9.17) is 15.9 Å². The van der Waals surface area contributed by atoms with Gasteiger partial charge in [-0.1, -0.05) is 18.9 Å². The van der Waals surface area contributed by atoms with Crippen LogP contribution in [0.4, 0.5) is 0 Å². The monoisotopic (exact) mass is 458 g/mol. The lowest BCUT2D eigenvalue weighted by Gasteiger charge is -2.52. The van der Waals surface area contributed by atoms with Crippen LogP contribution >= 0.6 is 0 Å². The van der Waals surface area contributed by atoms with Gasteiger partial charge in [-0.05, 0) is 79.5 Å². The molecule has 4 aliphatic rings. The molecule has 1 heterocycles. The number of rotatable bonds is 3. The van der Waals surface area contributed by atoms with E-state index in [1.165, 1.54) is 11.1 Å². The maximum absolute atomic E-state index is 11.1. The molecule has 0 aromatic heterocycles. The van der Waals surface area contributed by atoms with Gasteiger partial charge < -0.3 is 35.0 Å². The summed E-state index contributed by atoms with van der Waals surface area (Å²) in [5, 5.41) is 50.7. The van der Waals surface area contributed by atoms with E-state index < -0.39 is 42.9 Å². The Labute approximate surface area is 194 Å². The third kappa shape index (κ3) is 3.43. The zero-order valence-corrected chi connectivity index (χ0v) is 18.9. The van der Waals surface area contributed by atoms with Crippen LogP contribution in [-0.2, 0) is 11.2 Å². The Balaban J connectivity index is 1.35. The average Bonchev–Trinajstić information content (AvgIpc) is 3.10. The number of fused-ring (bicyclic) bond motifs is 5. The highest BCUT2D eigenvalue weighted by molar-refractivity contribution is 5.41. The third-order valence-electron chi connectivity index (χ3n) is 9.19. The minimum absolute atomic E-state index is 0.230. The van der Waals surface area contributed by atoms with Crippen molar-refractivity contribution in [1.82, 2.24) is 0 Å². The van der Waals surface area contributed by atoms with Crippen molar-refractivity contribution < 1.29 is 35.0 Å². The van der Waals surface area contributed by atoms with Crippen molar-refractivity contribution >= 4 is 0 Å². The zero-order chi connectivity index (χ0) is 23.5. The summed E-state index contributed by atoms with van der Waals surface area (Å²) in [7, 11) is 0. The molecule has 5 rings (SSSR count). The van der Waals surface area contributed by atoms with E-state index in [2.05, 4.69) is 18.9 Å². The van der Waals surface area contributed by atoms with Crippen molar-refractivity contribution in [2.45, 2.75) is 87.7 Å². The molecule has 0 spiro atoms. The first kappa shape index (κ1) is 23.1. The second-order valence-electron chi connectivity index (χ2n) is 10.6. The fraction of sp³-hybridized carbons (Fsp3) is 0.692. The van der Waals surface area contributed by atoms with E-state index in [1.807, 2.05) is 12.1 Å². The largest absolute Gasteiger partial charge is 0.462 e. The van der Waals surface area contributed by atoms with E-state index in [-0.39, 0.29) is 5.41 Å². The first-order valence-corrected chi connectivity index (χ1v) is 12.0. The van der Waals surface area contributed by atoms with E-state index in [9.17, 15) is 25.5 Å². The lowest BCUT2D eigenvalue weighted by molar-refractivity contribution is -0.277. The second-order valence-corrected chi connectivity index (χ2v) is 10.6. The molecular formula is C26H34O7. The molecule has 7 nitrogen and oxygen atoms in total. The molecule has 2 saturated carbocycles. The Morgan fingerprint density at radius 2 is 1.91 bits per heavy atom. The molecule has 1 aromatic carbocycles. The number of hydrogen-bond acceptors (Lipinski definition) is 7. The van der Waals surface area contributed by atoms with Gasteiger partial charge in [-0.15, -0.1) is 6.42 Å². The molecule has 0 radical (unpaired) electrons. The van der Waals surface area contributed by atoms with E-state index in [0.29, 0.717) is 29.9 Å². The van der Waals surface area contributed by atoms with Crippen LogP contribution in [-0.4, -0.2) is 68.4 Å². The van der Waals surface area contributed by atoms with Crippen LogP contribution < -0.4 is 4.74 Å². The van der Waals surface area contributed by atoms with Gasteiger partial charge in [0.2, 0.25) is 6.29 Å². The third-order valence-corrected chi connectivity index (χ3v) is 9.19. The number of terminal acetylenes is 1. The molecule has 0 bridgehead atoms. The van der Waals surface area contributed by atoms with Gasteiger partial charge in [-0.3, -0.25) is 0 Å². The smallest absolute Gasteiger partial charge is 0.229 e. The normalized spacial score (nSPS) is 46.6. The molecule has 1 aromatic rings. The summed E-state index contributed by atoms with van der Waals surface area (Å²) in [5.74, 6) is 4.56. The van der Waals surface area contributed by atoms with Crippen molar-refractivity contribution in [3.63, 3.8) is 0 Å². The lowest BCUT2D eigenvalue weighted by Crippen LogP contribution is -2.60. The van der Waals surface area contributed by atoms with E-state index in [1.54, 1.807) is 0 Å². The Morgan fingerprint density at radius 3 is 2.64 bits per heavy atom. The average molecular weight is 459 g/mol. The van der Waals surface area contributed by atoms with Gasteiger partial charge in [0.1, 0.15) is 35.8 Å². The molecule has 10 unspecified atom stereocenters. The van der Waals surface area contributed by atoms with Crippen LogP contribution in [0.15, 0.2) is 18.2 Å². The highest BCUT2D eigenvalue weighted by Gasteiger charge is 2.61. The molecule has 180 valence electrons. The maximum atomic E-state index is 11.1. The molecule has 0 amide bonds. The molecule has 7 heteroatoms. The summed E-state index contributed by atoms with van der Waals surface area (Å²) >= 11 is 0. The standard InChI is InChI=1S/C26H34O7/c1-3-26(31)11-9-19-18-6-4-14-12-15(5-7-16(14)17(18)8-10-25(19,26)2)32-24-23(30)22(29)21(28)20(13-27)33-24/h1,5,7,12,17-24,27-31H,4,6,8-11,13H2,2H3. The summed E-state index contributed by atoms with van der Waals surface area (Å²) < 4.78 is 11.3. The molecule has 33 heavy (non-hydrogen) atoms. The molecule has 1 aliphatic heterocycles. The van der Waals surface area contributed by atoms with Crippen molar-refractivity contribution in [3.05, 3.63) is 29.3 Å². The van der Waals surface area contributed by atoms with Crippen molar-refractivity contribution in [1.29, 1.82) is 0 Å². The minimum Gasteiger partial charge on any atom is -0.462 e. The fourth-order valence-corrected chi connectivity index (χ4v) is 7.18. The summed E-state index contributed by atoms with van der Waals surface area (Å²) in [5.41, 5.74) is 1.27. The van der Waals surface area contributed by atoms with Crippen LogP contribution in [0, 0.1) is 29.6 Å². The molecule has 10 atom stereocenters. The number of aliphatic hydroxyl groups is 5. The predicted octanol–water partition coefficient (Wildman–Crippen LogP) is 1.09. The first-order chi connectivity index (χ1) is 15.7. The van der Waals surface area contributed by atoms with Crippen LogP contribution in [0.25, 0.3) is 0 Å². The van der Waals surface area contributed by atoms with Gasteiger partial charge in [0.15, 0.2) is 0 Å². The fourth-order valence-electron chi connectivity index (χ4n) is 7.18. The Morgan fingerprint density at radius 1 is 1.12 bits per heavy atom. The highest BCUT2D eigenvalue weighted by Crippen LogP contribution is 2.64. The molecule has 3 fully saturated rings. The van der Waals surface area contributed by atoms with Gasteiger partial charge in [-0.2, -0.15) is 0 Å². The summed E-state index contributed by atoms with van der Waals surface area (Å²) in [6.45, 7) is 1.68. The maximum Gasteiger partial charge on any atom is 0.229 e. The number of aliphatic hydroxyl groups excluding tert-OH is 4. The summed E-state index contributed by atoms with van der Waals surface area (Å²) in [4.78, 5) is 0. The highest BCUT2D eigenvalue weighted by atomic mass is 16.7. The Hall–Kier alpha value is -1.66. The number of aryl methyl sites for hydroxylation is 1. The SMILES string of the molecule is C#CC1(O)CCC2C3CCc4cc(OC5OC(CO)C(O)C(O)C5O)ccc4C3CCC21C. The van der Waals surface area contributed by atoms with Gasteiger partial charge >= 0.3 is 0 Å². The van der Waals surface area contributed by atoms with Gasteiger partial charge in [0.05, 0.1) is 6.61 Å². The molecule has 1 saturated heterocycles.